The summed E-state index contributed by atoms with van der Waals surface area (Å²) in [5.41, 5.74) is 2.39. The molecule has 0 aliphatic carbocycles. The summed E-state index contributed by atoms with van der Waals surface area (Å²) in [6.07, 6.45) is 1.73. The molecule has 0 saturated carbocycles. The van der Waals surface area contributed by atoms with Crippen LogP contribution < -0.4 is 5.32 Å². The highest BCUT2D eigenvalue weighted by Gasteiger charge is 2.24. The molecule has 2 rings (SSSR count). The van der Waals surface area contributed by atoms with Gasteiger partial charge in [0.25, 0.3) is 0 Å². The van der Waals surface area contributed by atoms with E-state index < -0.39 is 9.84 Å². The highest BCUT2D eigenvalue weighted by Crippen LogP contribution is 2.18. The summed E-state index contributed by atoms with van der Waals surface area (Å²) in [5.74, 6) is 0.630. The van der Waals surface area contributed by atoms with Gasteiger partial charge < -0.3 is 5.32 Å². The zero-order valence-corrected chi connectivity index (χ0v) is 12.9. The highest BCUT2D eigenvalue weighted by atomic mass is 79.9. The van der Waals surface area contributed by atoms with Gasteiger partial charge in [-0.15, -0.1) is 0 Å². The van der Waals surface area contributed by atoms with Crippen LogP contribution in [-0.2, 0) is 16.4 Å². The molecule has 1 aromatic carbocycles. The number of hydrogen-bond donors (Lipinski definition) is 1. The predicted octanol–water partition coefficient (Wildman–Crippen LogP) is 2.42. The highest BCUT2D eigenvalue weighted by molar-refractivity contribution is 9.10. The van der Waals surface area contributed by atoms with E-state index in [9.17, 15) is 8.42 Å². The quantitative estimate of drug-likeness (QED) is 0.925. The topological polar surface area (TPSA) is 46.2 Å². The Morgan fingerprint density at radius 3 is 2.89 bits per heavy atom. The molecular weight excluding hydrogens is 314 g/mol. The molecule has 3 nitrogen and oxygen atoms in total. The molecule has 1 saturated heterocycles. The van der Waals surface area contributed by atoms with E-state index in [1.807, 2.05) is 6.07 Å². The molecule has 1 fully saturated rings. The van der Waals surface area contributed by atoms with Gasteiger partial charge in [0.05, 0.1) is 11.5 Å². The fourth-order valence-corrected chi connectivity index (χ4v) is 4.18. The summed E-state index contributed by atoms with van der Waals surface area (Å²) >= 11 is 3.47. The molecule has 1 atom stereocenters. The standard InChI is InChI=1S/C13H18BrNO2S/c1-10-7-11(4-5-13(10)14)8-15-12-3-2-6-18(16,17)9-12/h4-5,7,12,15H,2-3,6,8-9H2,1H3. The van der Waals surface area contributed by atoms with Crippen LogP contribution in [0.3, 0.4) is 0 Å². The molecule has 0 amide bonds. The van der Waals surface area contributed by atoms with Gasteiger partial charge in [-0.05, 0) is 37.0 Å². The van der Waals surface area contributed by atoms with Crippen LogP contribution in [0.2, 0.25) is 0 Å². The normalized spacial score (nSPS) is 22.9. The Kier molecular flexibility index (Phi) is 4.45. The maximum absolute atomic E-state index is 11.5. The molecule has 1 unspecified atom stereocenters. The zero-order valence-electron chi connectivity index (χ0n) is 10.4. The van der Waals surface area contributed by atoms with Gasteiger partial charge in [0.1, 0.15) is 0 Å². The summed E-state index contributed by atoms with van der Waals surface area (Å²) in [5, 5.41) is 3.35. The first-order valence-electron chi connectivity index (χ1n) is 6.15. The van der Waals surface area contributed by atoms with Crippen molar-refractivity contribution in [1.29, 1.82) is 0 Å². The van der Waals surface area contributed by atoms with Crippen molar-refractivity contribution in [2.45, 2.75) is 32.4 Å². The lowest BCUT2D eigenvalue weighted by Gasteiger charge is -2.23. The Balaban J connectivity index is 1.93. The van der Waals surface area contributed by atoms with E-state index in [1.165, 1.54) is 11.1 Å². The fraction of sp³-hybridized carbons (Fsp3) is 0.538. The third-order valence-electron chi connectivity index (χ3n) is 3.28. The molecule has 1 aromatic rings. The second-order valence-corrected chi connectivity index (χ2v) is 8.00. The predicted molar refractivity (Wildman–Crippen MR) is 77.4 cm³/mol. The number of hydrogen-bond acceptors (Lipinski definition) is 3. The molecule has 18 heavy (non-hydrogen) atoms. The number of nitrogens with one attached hydrogen (secondary N) is 1. The lowest BCUT2D eigenvalue weighted by Crippen LogP contribution is -2.39. The molecule has 1 aliphatic rings. The SMILES string of the molecule is Cc1cc(CNC2CCCS(=O)(=O)C2)ccc1Br. The molecule has 0 radical (unpaired) electrons. The average molecular weight is 332 g/mol. The second-order valence-electron chi connectivity index (χ2n) is 4.92. The van der Waals surface area contributed by atoms with Gasteiger partial charge in [-0.3, -0.25) is 0 Å². The van der Waals surface area contributed by atoms with Gasteiger partial charge in [0.15, 0.2) is 9.84 Å². The van der Waals surface area contributed by atoms with Crippen LogP contribution in [0.4, 0.5) is 0 Å². The van der Waals surface area contributed by atoms with Crippen LogP contribution in [0, 0.1) is 6.92 Å². The van der Waals surface area contributed by atoms with Gasteiger partial charge in [-0.1, -0.05) is 28.1 Å². The van der Waals surface area contributed by atoms with Gasteiger partial charge in [-0.2, -0.15) is 0 Å². The van der Waals surface area contributed by atoms with Crippen molar-refractivity contribution in [1.82, 2.24) is 5.32 Å². The third-order valence-corrected chi connectivity index (χ3v) is 5.99. The van der Waals surface area contributed by atoms with Crippen LogP contribution in [0.15, 0.2) is 22.7 Å². The summed E-state index contributed by atoms with van der Waals surface area (Å²) in [6, 6.07) is 6.31. The van der Waals surface area contributed by atoms with E-state index in [0.717, 1.165) is 23.9 Å². The smallest absolute Gasteiger partial charge is 0.151 e. The van der Waals surface area contributed by atoms with Crippen LogP contribution in [0.25, 0.3) is 0 Å². The molecular formula is C13H18BrNO2S. The lowest BCUT2D eigenvalue weighted by atomic mass is 10.1. The van der Waals surface area contributed by atoms with E-state index in [0.29, 0.717) is 5.75 Å². The Morgan fingerprint density at radius 2 is 2.22 bits per heavy atom. The molecule has 1 N–H and O–H groups in total. The number of rotatable bonds is 3. The van der Waals surface area contributed by atoms with Gasteiger partial charge >= 0.3 is 0 Å². The molecule has 5 heteroatoms. The Hall–Kier alpha value is -0.390. The van der Waals surface area contributed by atoms with Crippen molar-refractivity contribution in [3.8, 4) is 0 Å². The van der Waals surface area contributed by atoms with Crippen LogP contribution in [0.1, 0.15) is 24.0 Å². The molecule has 1 aliphatic heterocycles. The van der Waals surface area contributed by atoms with Crippen molar-refractivity contribution in [2.75, 3.05) is 11.5 Å². The number of aryl methyl sites for hydroxylation is 1. The molecule has 1 heterocycles. The molecule has 0 aromatic heterocycles. The van der Waals surface area contributed by atoms with Crippen molar-refractivity contribution < 1.29 is 8.42 Å². The Morgan fingerprint density at radius 1 is 1.44 bits per heavy atom. The van der Waals surface area contributed by atoms with E-state index in [2.05, 4.69) is 40.3 Å². The minimum atomic E-state index is -2.82. The van der Waals surface area contributed by atoms with Crippen LogP contribution in [0.5, 0.6) is 0 Å². The monoisotopic (exact) mass is 331 g/mol. The summed E-state index contributed by atoms with van der Waals surface area (Å²) in [4.78, 5) is 0. The number of halogens is 1. The minimum absolute atomic E-state index is 0.104. The molecule has 100 valence electrons. The average Bonchev–Trinajstić information content (AvgIpc) is 2.29. The Labute approximate surface area is 117 Å². The first kappa shape index (κ1) is 14.0. The van der Waals surface area contributed by atoms with E-state index >= 15 is 0 Å². The van der Waals surface area contributed by atoms with Crippen LogP contribution >= 0.6 is 15.9 Å². The Bertz CT molecular complexity index is 528. The number of benzene rings is 1. The van der Waals surface area contributed by atoms with Gasteiger partial charge in [-0.25, -0.2) is 8.42 Å². The summed E-state index contributed by atoms with van der Waals surface area (Å²) in [7, 11) is -2.82. The number of sulfone groups is 1. The first-order chi connectivity index (χ1) is 8.46. The van der Waals surface area contributed by atoms with E-state index in [4.69, 9.17) is 0 Å². The van der Waals surface area contributed by atoms with Gasteiger partial charge in [0.2, 0.25) is 0 Å². The first-order valence-corrected chi connectivity index (χ1v) is 8.76. The van der Waals surface area contributed by atoms with Crippen LogP contribution in [-0.4, -0.2) is 26.0 Å². The molecule has 0 spiro atoms. The van der Waals surface area contributed by atoms with Crippen molar-refractivity contribution in [3.05, 3.63) is 33.8 Å². The van der Waals surface area contributed by atoms with Crippen molar-refractivity contribution >= 4 is 25.8 Å². The fourth-order valence-electron chi connectivity index (χ4n) is 2.26. The minimum Gasteiger partial charge on any atom is -0.309 e. The van der Waals surface area contributed by atoms with Gasteiger partial charge in [0, 0.05) is 17.1 Å². The summed E-state index contributed by atoms with van der Waals surface area (Å²) < 4.78 is 24.2. The maximum atomic E-state index is 11.5. The molecule has 0 bridgehead atoms. The largest absolute Gasteiger partial charge is 0.309 e. The summed E-state index contributed by atoms with van der Waals surface area (Å²) in [6.45, 7) is 2.78. The zero-order chi connectivity index (χ0) is 13.2. The second kappa shape index (κ2) is 5.72. The third kappa shape index (κ3) is 3.80. The van der Waals surface area contributed by atoms with E-state index in [1.54, 1.807) is 0 Å². The van der Waals surface area contributed by atoms with Crippen molar-refractivity contribution in [3.63, 3.8) is 0 Å². The lowest BCUT2D eigenvalue weighted by molar-refractivity contribution is 0.480. The van der Waals surface area contributed by atoms with E-state index in [-0.39, 0.29) is 11.8 Å². The maximum Gasteiger partial charge on any atom is 0.151 e. The van der Waals surface area contributed by atoms with Crippen molar-refractivity contribution in [2.24, 2.45) is 0 Å².